The van der Waals surface area contributed by atoms with Crippen LogP contribution >= 0.6 is 0 Å². The molecule has 0 amide bonds. The first kappa shape index (κ1) is 16.8. The van der Waals surface area contributed by atoms with Crippen LogP contribution in [-0.4, -0.2) is 20.2 Å². The van der Waals surface area contributed by atoms with E-state index in [1.165, 1.54) is 5.56 Å². The molecule has 0 aliphatic heterocycles. The van der Waals surface area contributed by atoms with Crippen molar-refractivity contribution >= 4 is 17.5 Å². The highest BCUT2D eigenvalue weighted by Crippen LogP contribution is 2.30. The fourth-order valence-electron chi connectivity index (χ4n) is 2.49. The van der Waals surface area contributed by atoms with Gasteiger partial charge in [-0.15, -0.1) is 5.10 Å². The summed E-state index contributed by atoms with van der Waals surface area (Å²) in [7, 11) is 0. The Morgan fingerprint density at radius 1 is 1.00 bits per heavy atom. The van der Waals surface area contributed by atoms with Gasteiger partial charge in [-0.05, 0) is 29.2 Å². The minimum Gasteiger partial charge on any atom is -0.363 e. The summed E-state index contributed by atoms with van der Waals surface area (Å²) in [5.74, 6) is 1.11. The number of nitrogens with zero attached hydrogens (tertiary/aromatic N) is 4. The number of benzene rings is 1. The second-order valence-corrected chi connectivity index (χ2v) is 6.76. The Morgan fingerprint density at radius 3 is 2.56 bits per heavy atom. The van der Waals surface area contributed by atoms with Crippen molar-refractivity contribution in [1.29, 1.82) is 0 Å². The van der Waals surface area contributed by atoms with Crippen LogP contribution < -0.4 is 10.6 Å². The quantitative estimate of drug-likeness (QED) is 0.736. The molecule has 0 radical (unpaired) electrons. The molecule has 0 unspecified atom stereocenters. The largest absolute Gasteiger partial charge is 0.363 e. The lowest BCUT2D eigenvalue weighted by molar-refractivity contribution is 0.592. The summed E-state index contributed by atoms with van der Waals surface area (Å²) in [6.07, 6.45) is 3.37. The normalized spacial score (nSPS) is 11.2. The van der Waals surface area contributed by atoms with Gasteiger partial charge in [-0.3, -0.25) is 4.98 Å². The van der Waals surface area contributed by atoms with Crippen LogP contribution in [0.5, 0.6) is 0 Å². The summed E-state index contributed by atoms with van der Waals surface area (Å²) in [6, 6.07) is 14.0. The second-order valence-electron chi connectivity index (χ2n) is 6.76. The minimum atomic E-state index is 0.0197. The number of pyridine rings is 1. The molecule has 2 aromatic heterocycles. The van der Waals surface area contributed by atoms with Crippen molar-refractivity contribution in [1.82, 2.24) is 20.2 Å². The molecule has 0 bridgehead atoms. The monoisotopic (exact) mass is 334 g/mol. The van der Waals surface area contributed by atoms with Crippen molar-refractivity contribution in [3.05, 3.63) is 66.1 Å². The summed E-state index contributed by atoms with van der Waals surface area (Å²) < 4.78 is 0. The van der Waals surface area contributed by atoms with Gasteiger partial charge in [0.05, 0.1) is 18.4 Å². The lowest BCUT2D eigenvalue weighted by atomic mass is 9.86. The summed E-state index contributed by atoms with van der Waals surface area (Å²) in [6.45, 7) is 7.12. The SMILES string of the molecule is CC(C)(C)c1ccccc1Nc1nncc(NCc2ccccn2)n1. The minimum absolute atomic E-state index is 0.0197. The van der Waals surface area contributed by atoms with Crippen molar-refractivity contribution in [3.8, 4) is 0 Å². The molecule has 3 rings (SSSR count). The molecular weight excluding hydrogens is 312 g/mol. The van der Waals surface area contributed by atoms with Crippen molar-refractivity contribution in [2.45, 2.75) is 32.7 Å². The maximum atomic E-state index is 4.48. The van der Waals surface area contributed by atoms with E-state index in [2.05, 4.69) is 57.6 Å². The average Bonchev–Trinajstić information content (AvgIpc) is 2.61. The molecule has 0 atom stereocenters. The summed E-state index contributed by atoms with van der Waals surface area (Å²) in [4.78, 5) is 8.76. The number of nitrogens with one attached hydrogen (secondary N) is 2. The maximum absolute atomic E-state index is 4.48. The second kappa shape index (κ2) is 7.25. The van der Waals surface area contributed by atoms with Gasteiger partial charge in [0.15, 0.2) is 5.82 Å². The van der Waals surface area contributed by atoms with Crippen LogP contribution in [0.2, 0.25) is 0 Å². The first-order valence-corrected chi connectivity index (χ1v) is 8.22. The van der Waals surface area contributed by atoms with Gasteiger partial charge in [-0.1, -0.05) is 45.0 Å². The topological polar surface area (TPSA) is 75.6 Å². The molecule has 0 saturated carbocycles. The fourth-order valence-corrected chi connectivity index (χ4v) is 2.49. The van der Waals surface area contributed by atoms with Crippen molar-refractivity contribution in [2.75, 3.05) is 10.6 Å². The third-order valence-corrected chi connectivity index (χ3v) is 3.72. The summed E-state index contributed by atoms with van der Waals surface area (Å²) >= 11 is 0. The van der Waals surface area contributed by atoms with Crippen molar-refractivity contribution in [3.63, 3.8) is 0 Å². The van der Waals surface area contributed by atoms with E-state index >= 15 is 0 Å². The zero-order chi connectivity index (χ0) is 17.7. The molecule has 6 heteroatoms. The van der Waals surface area contributed by atoms with Crippen molar-refractivity contribution < 1.29 is 0 Å². The van der Waals surface area contributed by atoms with Crippen LogP contribution in [0.4, 0.5) is 17.5 Å². The molecule has 3 aromatic rings. The number of aromatic nitrogens is 4. The van der Waals surface area contributed by atoms with Gasteiger partial charge in [0.2, 0.25) is 5.95 Å². The molecule has 0 spiro atoms. The molecule has 6 nitrogen and oxygen atoms in total. The van der Waals surface area contributed by atoms with E-state index < -0.39 is 0 Å². The van der Waals surface area contributed by atoms with Gasteiger partial charge in [-0.25, -0.2) is 0 Å². The molecule has 0 aliphatic rings. The number of para-hydroxylation sites is 1. The van der Waals surface area contributed by atoms with E-state index in [4.69, 9.17) is 0 Å². The van der Waals surface area contributed by atoms with Gasteiger partial charge < -0.3 is 10.6 Å². The first-order chi connectivity index (χ1) is 12.0. The summed E-state index contributed by atoms with van der Waals surface area (Å²) in [5, 5.41) is 14.6. The van der Waals surface area contributed by atoms with Crippen LogP contribution in [0.3, 0.4) is 0 Å². The standard InChI is InChI=1S/C19H22N6/c1-19(2,3)15-9-4-5-10-16(15)23-18-24-17(13-22-25-18)21-12-14-8-6-7-11-20-14/h4-11,13H,12H2,1-3H3,(H2,21,23,24,25). The lowest BCUT2D eigenvalue weighted by Gasteiger charge is -2.22. The van der Waals surface area contributed by atoms with Gasteiger partial charge >= 0.3 is 0 Å². The van der Waals surface area contributed by atoms with Gasteiger partial charge in [-0.2, -0.15) is 10.1 Å². The Bertz CT molecular complexity index is 827. The van der Waals surface area contributed by atoms with E-state index in [9.17, 15) is 0 Å². The Kier molecular flexibility index (Phi) is 4.88. The van der Waals surface area contributed by atoms with Crippen LogP contribution in [0.15, 0.2) is 54.9 Å². The Balaban J connectivity index is 1.74. The molecule has 0 saturated heterocycles. The van der Waals surface area contributed by atoms with Crippen LogP contribution in [0.25, 0.3) is 0 Å². The fraction of sp³-hybridized carbons (Fsp3) is 0.263. The lowest BCUT2D eigenvalue weighted by Crippen LogP contribution is -2.14. The van der Waals surface area contributed by atoms with E-state index in [1.54, 1.807) is 12.4 Å². The number of rotatable bonds is 5. The van der Waals surface area contributed by atoms with Gasteiger partial charge in [0, 0.05) is 11.9 Å². The molecule has 0 aliphatic carbocycles. The predicted octanol–water partition coefficient (Wildman–Crippen LogP) is 3.92. The van der Waals surface area contributed by atoms with Crippen LogP contribution in [0.1, 0.15) is 32.0 Å². The van der Waals surface area contributed by atoms with Gasteiger partial charge in [0.25, 0.3) is 0 Å². The van der Waals surface area contributed by atoms with E-state index in [0.717, 1.165) is 11.4 Å². The Labute approximate surface area is 147 Å². The van der Waals surface area contributed by atoms with Crippen LogP contribution in [0, 0.1) is 0 Å². The molecule has 25 heavy (non-hydrogen) atoms. The highest BCUT2D eigenvalue weighted by atomic mass is 15.3. The molecular formula is C19H22N6. The third kappa shape index (κ3) is 4.50. The highest BCUT2D eigenvalue weighted by Gasteiger charge is 2.18. The van der Waals surface area contributed by atoms with Gasteiger partial charge in [0.1, 0.15) is 0 Å². The molecule has 128 valence electrons. The van der Waals surface area contributed by atoms with Crippen molar-refractivity contribution in [2.24, 2.45) is 0 Å². The zero-order valence-electron chi connectivity index (χ0n) is 14.7. The average molecular weight is 334 g/mol. The first-order valence-electron chi connectivity index (χ1n) is 8.22. The molecule has 0 fully saturated rings. The van der Waals surface area contributed by atoms with E-state index in [1.807, 2.05) is 36.4 Å². The molecule has 2 N–H and O–H groups in total. The Morgan fingerprint density at radius 2 is 1.80 bits per heavy atom. The Hall–Kier alpha value is -3.02. The molecule has 2 heterocycles. The third-order valence-electron chi connectivity index (χ3n) is 3.72. The highest BCUT2D eigenvalue weighted by molar-refractivity contribution is 5.60. The van der Waals surface area contributed by atoms with E-state index in [0.29, 0.717) is 18.3 Å². The smallest absolute Gasteiger partial charge is 0.249 e. The predicted molar refractivity (Wildman–Crippen MR) is 99.8 cm³/mol. The summed E-state index contributed by atoms with van der Waals surface area (Å²) in [5.41, 5.74) is 3.14. The number of anilines is 3. The number of hydrogen-bond acceptors (Lipinski definition) is 6. The van der Waals surface area contributed by atoms with E-state index in [-0.39, 0.29) is 5.41 Å². The number of hydrogen-bond donors (Lipinski definition) is 2. The van der Waals surface area contributed by atoms with Crippen LogP contribution in [-0.2, 0) is 12.0 Å². The zero-order valence-corrected chi connectivity index (χ0v) is 14.7. The molecule has 1 aromatic carbocycles. The maximum Gasteiger partial charge on any atom is 0.249 e.